The highest BCUT2D eigenvalue weighted by Gasteiger charge is 2.23. The van der Waals surface area contributed by atoms with Crippen molar-refractivity contribution >= 4 is 11.9 Å². The Bertz CT molecular complexity index is 1290. The molecule has 0 aliphatic rings. The van der Waals surface area contributed by atoms with E-state index in [1.807, 2.05) is 54.7 Å². The predicted octanol–water partition coefficient (Wildman–Crippen LogP) is 16.5. The van der Waals surface area contributed by atoms with Gasteiger partial charge < -0.3 is 20.3 Å². The summed E-state index contributed by atoms with van der Waals surface area (Å²) in [6, 6.07) is -0.748. The van der Waals surface area contributed by atoms with E-state index < -0.39 is 18.2 Å². The first-order chi connectivity index (χ1) is 32.0. The fourth-order valence-electron chi connectivity index (χ4n) is 7.69. The largest absolute Gasteiger partial charge is 0.461 e. The predicted molar refractivity (Wildman–Crippen MR) is 282 cm³/mol. The van der Waals surface area contributed by atoms with Crippen molar-refractivity contribution in [3.63, 3.8) is 0 Å². The molecular weight excluding hydrogens is 803 g/mol. The Morgan fingerprint density at radius 3 is 1.42 bits per heavy atom. The number of carbonyl (C=O) groups excluding carboxylic acids is 2. The van der Waals surface area contributed by atoms with Gasteiger partial charge in [-0.15, -0.1) is 0 Å². The topological polar surface area (TPSA) is 95.9 Å². The minimum atomic E-state index is -0.825. The molecule has 0 heterocycles. The summed E-state index contributed by atoms with van der Waals surface area (Å²) in [6.45, 7) is 6.27. The molecule has 0 aromatic heterocycles. The van der Waals surface area contributed by atoms with Crippen LogP contribution in [0.5, 0.6) is 0 Å². The first-order valence-corrected chi connectivity index (χ1v) is 27.0. The molecule has 0 saturated carbocycles. The van der Waals surface area contributed by atoms with E-state index >= 15 is 0 Å². The minimum absolute atomic E-state index is 0.0285. The van der Waals surface area contributed by atoms with Crippen LogP contribution in [-0.4, -0.2) is 46.9 Å². The fourth-order valence-corrected chi connectivity index (χ4v) is 7.69. The van der Waals surface area contributed by atoms with E-state index in [0.29, 0.717) is 19.3 Å². The van der Waals surface area contributed by atoms with Gasteiger partial charge in [-0.1, -0.05) is 259 Å². The summed E-state index contributed by atoms with van der Waals surface area (Å²) in [5.74, 6) is -0.626. The Kier molecular flexibility index (Phi) is 49.2. The number of hydrogen-bond acceptors (Lipinski definition) is 5. The van der Waals surface area contributed by atoms with E-state index in [4.69, 9.17) is 4.74 Å². The van der Waals surface area contributed by atoms with Crippen LogP contribution < -0.4 is 5.32 Å². The second kappa shape index (κ2) is 51.8. The summed E-state index contributed by atoms with van der Waals surface area (Å²) in [5.41, 5.74) is 0. The molecule has 0 aromatic carbocycles. The zero-order chi connectivity index (χ0) is 47.4. The zero-order valence-corrected chi connectivity index (χ0v) is 42.3. The first kappa shape index (κ1) is 61.8. The Balaban J connectivity index is 4.61. The normalized spacial score (nSPS) is 14.0. The number of carbonyl (C=O) groups is 2. The summed E-state index contributed by atoms with van der Waals surface area (Å²) in [7, 11) is 0. The summed E-state index contributed by atoms with van der Waals surface area (Å²) >= 11 is 0. The van der Waals surface area contributed by atoms with Crippen LogP contribution in [0, 0.1) is 0 Å². The van der Waals surface area contributed by atoms with E-state index in [-0.39, 0.29) is 24.9 Å². The lowest BCUT2D eigenvalue weighted by molar-refractivity contribution is -0.150. The van der Waals surface area contributed by atoms with Crippen molar-refractivity contribution in [1.82, 2.24) is 5.32 Å². The van der Waals surface area contributed by atoms with Crippen LogP contribution in [-0.2, 0) is 14.3 Å². The molecule has 0 rings (SSSR count). The van der Waals surface area contributed by atoms with Gasteiger partial charge in [-0.05, 0) is 57.8 Å². The van der Waals surface area contributed by atoms with E-state index in [2.05, 4.69) is 68.6 Å². The maximum Gasteiger partial charge on any atom is 0.306 e. The van der Waals surface area contributed by atoms with Crippen LogP contribution >= 0.6 is 0 Å². The molecule has 3 N–H and O–H groups in total. The lowest BCUT2D eigenvalue weighted by Gasteiger charge is -2.24. The Hall–Kier alpha value is -3.22. The maximum absolute atomic E-state index is 13.2. The van der Waals surface area contributed by atoms with Gasteiger partial charge in [-0.3, -0.25) is 9.59 Å². The third-order valence-corrected chi connectivity index (χ3v) is 11.8. The van der Waals surface area contributed by atoms with Gasteiger partial charge in [0.2, 0.25) is 5.91 Å². The fraction of sp³-hybridized carbons (Fsp3) is 0.695. The molecule has 0 radical (unpaired) electrons. The number of nitrogens with one attached hydrogen (secondary N) is 1. The van der Waals surface area contributed by atoms with Crippen LogP contribution in [0.15, 0.2) is 97.2 Å². The summed E-state index contributed by atoms with van der Waals surface area (Å²) in [5, 5.41) is 23.7. The number of hydrogen-bond donors (Lipinski definition) is 3. The molecule has 3 unspecified atom stereocenters. The second-order valence-corrected chi connectivity index (χ2v) is 18.0. The van der Waals surface area contributed by atoms with Crippen molar-refractivity contribution < 1.29 is 24.5 Å². The Labute approximate surface area is 401 Å². The lowest BCUT2D eigenvalue weighted by Crippen LogP contribution is -2.46. The molecule has 6 heteroatoms. The van der Waals surface area contributed by atoms with Crippen molar-refractivity contribution in [2.75, 3.05) is 6.61 Å². The first-order valence-electron chi connectivity index (χ1n) is 27.0. The van der Waals surface area contributed by atoms with Crippen LogP contribution in [0.2, 0.25) is 0 Å². The number of aliphatic hydroxyl groups excluding tert-OH is 2. The van der Waals surface area contributed by atoms with E-state index in [9.17, 15) is 19.8 Å². The van der Waals surface area contributed by atoms with Gasteiger partial charge in [0.1, 0.15) is 6.10 Å². The Morgan fingerprint density at radius 2 is 0.908 bits per heavy atom. The van der Waals surface area contributed by atoms with Crippen molar-refractivity contribution in [2.24, 2.45) is 0 Å². The van der Waals surface area contributed by atoms with Gasteiger partial charge in [0.15, 0.2) is 0 Å². The molecule has 0 aliphatic heterocycles. The van der Waals surface area contributed by atoms with Crippen molar-refractivity contribution in [2.45, 2.75) is 257 Å². The molecule has 0 saturated heterocycles. The molecule has 0 aliphatic carbocycles. The number of rotatable bonds is 47. The highest BCUT2D eigenvalue weighted by atomic mass is 16.5. The molecule has 3 atom stereocenters. The summed E-state index contributed by atoms with van der Waals surface area (Å²) in [6.07, 6.45) is 69.2. The minimum Gasteiger partial charge on any atom is -0.461 e. The molecular formula is C59H101NO5. The monoisotopic (exact) mass is 904 g/mol. The smallest absolute Gasteiger partial charge is 0.306 e. The molecule has 1 amide bonds. The van der Waals surface area contributed by atoms with E-state index in [1.165, 1.54) is 122 Å². The SMILES string of the molecule is CC/C=C/C=C/C=C\C=C/C=C/CC(CC(=O)NC(CO)C(O)CCCCCCCCCCCCCCCCCC)OC(=O)CCCCCCCC/C=C\C/C=C\C/C=C\CCCCC. The van der Waals surface area contributed by atoms with Crippen molar-refractivity contribution in [3.05, 3.63) is 97.2 Å². The van der Waals surface area contributed by atoms with E-state index in [1.54, 1.807) is 0 Å². The quantitative estimate of drug-likeness (QED) is 0.0245. The van der Waals surface area contributed by atoms with Gasteiger partial charge >= 0.3 is 5.97 Å². The molecule has 6 nitrogen and oxygen atoms in total. The van der Waals surface area contributed by atoms with Crippen molar-refractivity contribution in [1.29, 1.82) is 0 Å². The molecule has 0 aromatic rings. The van der Waals surface area contributed by atoms with Gasteiger partial charge in [-0.25, -0.2) is 0 Å². The molecule has 0 bridgehead atoms. The molecule has 0 fully saturated rings. The number of unbranched alkanes of at least 4 members (excludes halogenated alkanes) is 24. The van der Waals surface area contributed by atoms with Crippen LogP contribution in [0.1, 0.15) is 239 Å². The lowest BCUT2D eigenvalue weighted by atomic mass is 10.0. The zero-order valence-electron chi connectivity index (χ0n) is 42.3. The number of esters is 1. The Morgan fingerprint density at radius 1 is 0.492 bits per heavy atom. The van der Waals surface area contributed by atoms with Gasteiger partial charge in [0, 0.05) is 12.8 Å². The second-order valence-electron chi connectivity index (χ2n) is 18.0. The average Bonchev–Trinajstić information content (AvgIpc) is 3.30. The summed E-state index contributed by atoms with van der Waals surface area (Å²) in [4.78, 5) is 26.1. The van der Waals surface area contributed by atoms with Crippen molar-refractivity contribution in [3.8, 4) is 0 Å². The number of ether oxygens (including phenoxy) is 1. The maximum atomic E-state index is 13.2. The van der Waals surface area contributed by atoms with Gasteiger partial charge in [-0.2, -0.15) is 0 Å². The average molecular weight is 904 g/mol. The van der Waals surface area contributed by atoms with E-state index in [0.717, 1.165) is 70.6 Å². The van der Waals surface area contributed by atoms with Gasteiger partial charge in [0.25, 0.3) is 0 Å². The molecule has 65 heavy (non-hydrogen) atoms. The number of amides is 1. The highest BCUT2D eigenvalue weighted by molar-refractivity contribution is 5.77. The van der Waals surface area contributed by atoms with Crippen LogP contribution in [0.25, 0.3) is 0 Å². The third-order valence-electron chi connectivity index (χ3n) is 11.8. The van der Waals surface area contributed by atoms with Crippen LogP contribution in [0.3, 0.4) is 0 Å². The summed E-state index contributed by atoms with van der Waals surface area (Å²) < 4.78 is 5.84. The molecule has 0 spiro atoms. The van der Waals surface area contributed by atoms with Gasteiger partial charge in [0.05, 0.1) is 25.2 Å². The third kappa shape index (κ3) is 47.1. The standard InChI is InChI=1S/C59H101NO5/c1-4-7-10-13-16-19-22-24-26-28-29-30-32-34-37-40-43-46-49-52-59(64)65-55(50-47-44-41-38-35-21-18-15-12-9-6-3)53-58(63)60-56(54-61)57(62)51-48-45-42-39-36-33-31-27-25-23-20-17-14-11-8-5-2/h9,12,15-16,18-19,21,24,26,29-30,35,38,41,44,47,55-57,61-62H,4-8,10-11,13-14,17,20,22-23,25,27-28,31-34,36-37,39-40,42-43,45-46,48-54H2,1-3H3,(H,60,63)/b12-9+,18-15+,19-16-,26-24-,30-29-,35-21-,41-38-,47-44+. The number of aliphatic hydroxyl groups is 2. The van der Waals surface area contributed by atoms with Crippen LogP contribution in [0.4, 0.5) is 0 Å². The molecule has 372 valence electrons. The highest BCUT2D eigenvalue weighted by Crippen LogP contribution is 2.16. The number of allylic oxidation sites excluding steroid dienone is 15.